The van der Waals surface area contributed by atoms with Crippen LogP contribution in [-0.4, -0.2) is 24.3 Å². The number of benzene rings is 1. The van der Waals surface area contributed by atoms with Crippen molar-refractivity contribution in [3.05, 3.63) is 35.9 Å². The van der Waals surface area contributed by atoms with Crippen LogP contribution in [0.5, 0.6) is 0 Å². The Hall–Kier alpha value is -1.48. The Morgan fingerprint density at radius 1 is 1.10 bits per heavy atom. The first-order valence-corrected chi connectivity index (χ1v) is 7.70. The third kappa shape index (κ3) is 5.43. The average Bonchev–Trinajstić information content (AvgIpc) is 2.52. The number of Topliss-reactive ketones (excluding diaryl/α,β-unsaturated/α-hetero) is 2. The van der Waals surface area contributed by atoms with Gasteiger partial charge in [0.1, 0.15) is 5.60 Å². The summed E-state index contributed by atoms with van der Waals surface area (Å²) in [5.41, 5.74) is -0.270. The highest BCUT2D eigenvalue weighted by molar-refractivity contribution is 6.10. The predicted octanol–water partition coefficient (Wildman–Crippen LogP) is 4.20. The quantitative estimate of drug-likeness (QED) is 0.368. The maximum atomic E-state index is 12.4. The lowest BCUT2D eigenvalue weighted by Crippen LogP contribution is -2.38. The van der Waals surface area contributed by atoms with Crippen molar-refractivity contribution < 1.29 is 14.3 Å². The van der Waals surface area contributed by atoms with Gasteiger partial charge >= 0.3 is 0 Å². The van der Waals surface area contributed by atoms with Crippen molar-refractivity contribution in [2.45, 2.75) is 58.0 Å². The second-order valence-electron chi connectivity index (χ2n) is 5.63. The Morgan fingerprint density at radius 3 is 2.33 bits per heavy atom. The average molecular weight is 290 g/mol. The molecular weight excluding hydrogens is 264 g/mol. The zero-order valence-electron chi connectivity index (χ0n) is 13.4. The number of carbonyl (C=O) groups is 2. The van der Waals surface area contributed by atoms with Gasteiger partial charge in [0.2, 0.25) is 0 Å². The first kappa shape index (κ1) is 17.6. The molecule has 0 saturated heterocycles. The molecule has 0 saturated carbocycles. The highest BCUT2D eigenvalue weighted by Gasteiger charge is 2.33. The molecular formula is C18H26O3. The highest BCUT2D eigenvalue weighted by atomic mass is 16.5. The normalized spacial score (nSPS) is 13.7. The van der Waals surface area contributed by atoms with E-state index in [9.17, 15) is 9.59 Å². The fraction of sp³-hybridized carbons (Fsp3) is 0.556. The van der Waals surface area contributed by atoms with Gasteiger partial charge in [-0.05, 0) is 13.3 Å². The number of carbonyl (C=O) groups excluding carboxylic acids is 2. The standard InChI is InChI=1S/C18H26O3/c1-4-5-6-10-13-18(2,21-3)17(20)14-16(19)15-11-8-7-9-12-15/h7-9,11-12H,4-6,10,13-14H2,1-3H3. The van der Waals surface area contributed by atoms with Crippen LogP contribution in [0.25, 0.3) is 0 Å². The van der Waals surface area contributed by atoms with Crippen LogP contribution < -0.4 is 0 Å². The molecule has 0 fully saturated rings. The van der Waals surface area contributed by atoms with Crippen molar-refractivity contribution in [1.82, 2.24) is 0 Å². The first-order chi connectivity index (χ1) is 10.0. The van der Waals surface area contributed by atoms with Gasteiger partial charge in [0.05, 0.1) is 6.42 Å². The summed E-state index contributed by atoms with van der Waals surface area (Å²) in [6, 6.07) is 8.93. The van der Waals surface area contributed by atoms with Crippen LogP contribution in [0.15, 0.2) is 30.3 Å². The minimum Gasteiger partial charge on any atom is -0.371 e. The number of rotatable bonds is 10. The Bertz CT molecular complexity index is 453. The Kier molecular flexibility index (Phi) is 7.30. The molecule has 1 aromatic rings. The fourth-order valence-electron chi connectivity index (χ4n) is 2.30. The third-order valence-electron chi connectivity index (χ3n) is 3.96. The summed E-state index contributed by atoms with van der Waals surface area (Å²) in [7, 11) is 1.55. The molecule has 3 nitrogen and oxygen atoms in total. The van der Waals surface area contributed by atoms with Gasteiger partial charge < -0.3 is 4.74 Å². The van der Waals surface area contributed by atoms with E-state index in [1.165, 1.54) is 0 Å². The molecule has 0 aromatic heterocycles. The molecule has 0 aliphatic rings. The van der Waals surface area contributed by atoms with Gasteiger partial charge in [0.15, 0.2) is 11.6 Å². The molecule has 0 N–H and O–H groups in total. The molecule has 0 bridgehead atoms. The van der Waals surface area contributed by atoms with Crippen LogP contribution >= 0.6 is 0 Å². The summed E-state index contributed by atoms with van der Waals surface area (Å²) in [5, 5.41) is 0. The third-order valence-corrected chi connectivity index (χ3v) is 3.96. The highest BCUT2D eigenvalue weighted by Crippen LogP contribution is 2.22. The summed E-state index contributed by atoms with van der Waals surface area (Å²) < 4.78 is 5.41. The number of ether oxygens (including phenoxy) is 1. The number of unbranched alkanes of at least 4 members (excludes halogenated alkanes) is 3. The summed E-state index contributed by atoms with van der Waals surface area (Å²) in [4.78, 5) is 24.5. The Morgan fingerprint density at radius 2 is 1.76 bits per heavy atom. The molecule has 1 unspecified atom stereocenters. The number of hydrogen-bond acceptors (Lipinski definition) is 3. The summed E-state index contributed by atoms with van der Waals surface area (Å²) in [6.45, 7) is 3.94. The van der Waals surface area contributed by atoms with Crippen molar-refractivity contribution in [2.24, 2.45) is 0 Å². The lowest BCUT2D eigenvalue weighted by molar-refractivity contribution is -0.139. The molecule has 1 atom stereocenters. The van der Waals surface area contributed by atoms with Crippen molar-refractivity contribution in [2.75, 3.05) is 7.11 Å². The molecule has 1 rings (SSSR count). The van der Waals surface area contributed by atoms with Gasteiger partial charge in [-0.25, -0.2) is 0 Å². The second kappa shape index (κ2) is 8.73. The monoisotopic (exact) mass is 290 g/mol. The van der Waals surface area contributed by atoms with Gasteiger partial charge in [-0.2, -0.15) is 0 Å². The molecule has 0 heterocycles. The van der Waals surface area contributed by atoms with Crippen LogP contribution in [0.3, 0.4) is 0 Å². The van der Waals surface area contributed by atoms with E-state index in [0.717, 1.165) is 25.7 Å². The van der Waals surface area contributed by atoms with E-state index in [2.05, 4.69) is 6.92 Å². The molecule has 21 heavy (non-hydrogen) atoms. The van der Waals surface area contributed by atoms with E-state index in [4.69, 9.17) is 4.74 Å². The zero-order chi connectivity index (χ0) is 15.7. The van der Waals surface area contributed by atoms with E-state index >= 15 is 0 Å². The maximum Gasteiger partial charge on any atom is 0.172 e. The van der Waals surface area contributed by atoms with Gasteiger partial charge in [0.25, 0.3) is 0 Å². The molecule has 0 amide bonds. The molecule has 116 valence electrons. The molecule has 0 spiro atoms. The largest absolute Gasteiger partial charge is 0.371 e. The molecule has 3 heteroatoms. The smallest absolute Gasteiger partial charge is 0.172 e. The number of methoxy groups -OCH3 is 1. The molecule has 0 aliphatic heterocycles. The lowest BCUT2D eigenvalue weighted by Gasteiger charge is -2.26. The van der Waals surface area contributed by atoms with Gasteiger partial charge in [-0.3, -0.25) is 9.59 Å². The van der Waals surface area contributed by atoms with Crippen LogP contribution in [0, 0.1) is 0 Å². The maximum absolute atomic E-state index is 12.4. The van der Waals surface area contributed by atoms with Crippen LogP contribution in [0.4, 0.5) is 0 Å². The van der Waals surface area contributed by atoms with Gasteiger partial charge in [-0.1, -0.05) is 62.9 Å². The first-order valence-electron chi connectivity index (χ1n) is 7.70. The predicted molar refractivity (Wildman–Crippen MR) is 84.6 cm³/mol. The van der Waals surface area contributed by atoms with Crippen molar-refractivity contribution in [3.8, 4) is 0 Å². The minimum absolute atomic E-state index is 0.0951. The van der Waals surface area contributed by atoms with E-state index in [-0.39, 0.29) is 18.0 Å². The van der Waals surface area contributed by atoms with Crippen LogP contribution in [0.1, 0.15) is 62.7 Å². The van der Waals surface area contributed by atoms with E-state index in [1.54, 1.807) is 38.3 Å². The van der Waals surface area contributed by atoms with Crippen molar-refractivity contribution in [1.29, 1.82) is 0 Å². The Balaban J connectivity index is 2.59. The number of ketones is 2. The SMILES string of the molecule is CCCCCCC(C)(OC)C(=O)CC(=O)c1ccccc1. The fourth-order valence-corrected chi connectivity index (χ4v) is 2.30. The molecule has 1 aromatic carbocycles. The van der Waals surface area contributed by atoms with E-state index < -0.39 is 5.60 Å². The van der Waals surface area contributed by atoms with E-state index in [0.29, 0.717) is 12.0 Å². The van der Waals surface area contributed by atoms with Gasteiger partial charge in [-0.15, -0.1) is 0 Å². The van der Waals surface area contributed by atoms with Crippen molar-refractivity contribution >= 4 is 11.6 Å². The van der Waals surface area contributed by atoms with Crippen molar-refractivity contribution in [3.63, 3.8) is 0 Å². The summed E-state index contributed by atoms with van der Waals surface area (Å²) >= 11 is 0. The minimum atomic E-state index is -0.849. The second-order valence-corrected chi connectivity index (χ2v) is 5.63. The Labute approximate surface area is 127 Å². The number of hydrogen-bond donors (Lipinski definition) is 0. The van der Waals surface area contributed by atoms with Crippen LogP contribution in [-0.2, 0) is 9.53 Å². The molecule has 0 aliphatic carbocycles. The van der Waals surface area contributed by atoms with E-state index in [1.807, 2.05) is 6.07 Å². The summed E-state index contributed by atoms with van der Waals surface area (Å²) in [5.74, 6) is -0.271. The summed E-state index contributed by atoms with van der Waals surface area (Å²) in [6.07, 6.45) is 4.94. The lowest BCUT2D eigenvalue weighted by atomic mass is 9.89. The molecule has 0 radical (unpaired) electrons. The van der Waals surface area contributed by atoms with Crippen LogP contribution in [0.2, 0.25) is 0 Å². The zero-order valence-corrected chi connectivity index (χ0v) is 13.4. The topological polar surface area (TPSA) is 43.4 Å². The van der Waals surface area contributed by atoms with Gasteiger partial charge in [0, 0.05) is 12.7 Å².